The normalized spacial score (nSPS) is 24.8. The number of benzene rings is 1. The molecule has 0 fully saturated rings. The molecule has 0 saturated heterocycles. The third kappa shape index (κ3) is 2.62. The number of rotatable bonds is 3. The van der Waals surface area contributed by atoms with Crippen molar-refractivity contribution in [3.8, 4) is 0 Å². The van der Waals surface area contributed by atoms with Gasteiger partial charge < -0.3 is 9.57 Å². The number of hydrogen-bond donors (Lipinski definition) is 0. The summed E-state index contributed by atoms with van der Waals surface area (Å²) >= 11 is 3.61. The summed E-state index contributed by atoms with van der Waals surface area (Å²) in [5.74, 6) is 0. The van der Waals surface area contributed by atoms with E-state index < -0.39 is 0 Å². The van der Waals surface area contributed by atoms with Gasteiger partial charge in [-0.1, -0.05) is 51.4 Å². The van der Waals surface area contributed by atoms with Gasteiger partial charge in [0.25, 0.3) is 0 Å². The first-order valence-electron chi connectivity index (χ1n) is 5.36. The van der Waals surface area contributed by atoms with Crippen LogP contribution in [0.2, 0.25) is 0 Å². The molecule has 16 heavy (non-hydrogen) atoms. The summed E-state index contributed by atoms with van der Waals surface area (Å²) in [6.45, 7) is 2.59. The average molecular weight is 284 g/mol. The number of oxime groups is 1. The summed E-state index contributed by atoms with van der Waals surface area (Å²) < 4.78 is 5.38. The zero-order valence-electron chi connectivity index (χ0n) is 9.10. The van der Waals surface area contributed by atoms with Crippen LogP contribution in [0.5, 0.6) is 0 Å². The number of hydrogen-bond acceptors (Lipinski definition) is 3. The standard InChI is InChI=1S/C12H14BrNO2/c1-2-15-11-8-10(13)12(14-16-11)9-6-4-3-5-7-9/h3-7,10-11H,2,8H2,1H3/t10-,11-/m1/s1. The number of alkyl halides is 1. The number of halogens is 1. The predicted octanol–water partition coefficient (Wildman–Crippen LogP) is 2.94. The van der Waals surface area contributed by atoms with Gasteiger partial charge in [0.05, 0.1) is 4.83 Å². The van der Waals surface area contributed by atoms with Crippen molar-refractivity contribution in [3.05, 3.63) is 35.9 Å². The molecule has 1 aliphatic heterocycles. The van der Waals surface area contributed by atoms with Crippen molar-refractivity contribution in [3.63, 3.8) is 0 Å². The third-order valence-corrected chi connectivity index (χ3v) is 3.19. The van der Waals surface area contributed by atoms with Crippen molar-refractivity contribution in [1.82, 2.24) is 0 Å². The number of ether oxygens (including phenoxy) is 1. The largest absolute Gasteiger partial charge is 0.363 e. The summed E-state index contributed by atoms with van der Waals surface area (Å²) in [6, 6.07) is 10.0. The molecular weight excluding hydrogens is 270 g/mol. The van der Waals surface area contributed by atoms with Crippen molar-refractivity contribution in [2.45, 2.75) is 24.5 Å². The first-order valence-corrected chi connectivity index (χ1v) is 6.27. The van der Waals surface area contributed by atoms with Crippen LogP contribution in [0.3, 0.4) is 0 Å². The van der Waals surface area contributed by atoms with E-state index in [1.54, 1.807) is 0 Å². The van der Waals surface area contributed by atoms with Gasteiger partial charge in [-0.3, -0.25) is 0 Å². The molecule has 2 atom stereocenters. The Kier molecular flexibility index (Phi) is 3.96. The highest BCUT2D eigenvalue weighted by atomic mass is 79.9. The maximum Gasteiger partial charge on any atom is 0.228 e. The fraction of sp³-hybridized carbons (Fsp3) is 0.417. The van der Waals surface area contributed by atoms with Gasteiger partial charge in [0.15, 0.2) is 0 Å². The smallest absolute Gasteiger partial charge is 0.228 e. The highest BCUT2D eigenvalue weighted by molar-refractivity contribution is 9.10. The van der Waals surface area contributed by atoms with Crippen LogP contribution in [0.4, 0.5) is 0 Å². The van der Waals surface area contributed by atoms with Gasteiger partial charge in [0.2, 0.25) is 6.29 Å². The topological polar surface area (TPSA) is 30.8 Å². The lowest BCUT2D eigenvalue weighted by Crippen LogP contribution is -2.30. The molecule has 0 unspecified atom stereocenters. The Morgan fingerprint density at radius 3 is 2.81 bits per heavy atom. The van der Waals surface area contributed by atoms with E-state index in [-0.39, 0.29) is 11.1 Å². The van der Waals surface area contributed by atoms with Crippen LogP contribution in [0, 0.1) is 0 Å². The second-order valence-corrected chi connectivity index (χ2v) is 4.64. The van der Waals surface area contributed by atoms with E-state index in [1.165, 1.54) is 0 Å². The molecule has 0 radical (unpaired) electrons. The van der Waals surface area contributed by atoms with E-state index in [0.717, 1.165) is 17.7 Å². The van der Waals surface area contributed by atoms with E-state index >= 15 is 0 Å². The fourth-order valence-corrected chi connectivity index (χ4v) is 2.28. The van der Waals surface area contributed by atoms with Crippen molar-refractivity contribution >= 4 is 21.6 Å². The van der Waals surface area contributed by atoms with E-state index in [2.05, 4.69) is 21.1 Å². The summed E-state index contributed by atoms with van der Waals surface area (Å²) in [4.78, 5) is 5.47. The van der Waals surface area contributed by atoms with E-state index in [0.29, 0.717) is 6.61 Å². The van der Waals surface area contributed by atoms with Crippen LogP contribution >= 0.6 is 15.9 Å². The van der Waals surface area contributed by atoms with Crippen LogP contribution in [-0.2, 0) is 9.57 Å². The Bertz CT molecular complexity index is 367. The van der Waals surface area contributed by atoms with E-state index in [1.807, 2.05) is 37.3 Å². The summed E-state index contributed by atoms with van der Waals surface area (Å²) in [5.41, 5.74) is 2.01. The Labute approximate surface area is 104 Å². The van der Waals surface area contributed by atoms with Gasteiger partial charge in [-0.2, -0.15) is 0 Å². The van der Waals surface area contributed by atoms with E-state index in [4.69, 9.17) is 9.57 Å². The summed E-state index contributed by atoms with van der Waals surface area (Å²) in [7, 11) is 0. The quantitative estimate of drug-likeness (QED) is 0.799. The molecule has 0 N–H and O–H groups in total. The van der Waals surface area contributed by atoms with Crippen molar-refractivity contribution in [2.75, 3.05) is 6.61 Å². The summed E-state index contributed by atoms with van der Waals surface area (Å²) in [5, 5.41) is 4.13. The molecule has 0 spiro atoms. The molecule has 1 aliphatic rings. The summed E-state index contributed by atoms with van der Waals surface area (Å²) in [6.07, 6.45) is 0.545. The molecule has 1 aromatic carbocycles. The van der Waals surface area contributed by atoms with Crippen LogP contribution in [0.15, 0.2) is 35.5 Å². The van der Waals surface area contributed by atoms with Gasteiger partial charge in [0, 0.05) is 18.6 Å². The fourth-order valence-electron chi connectivity index (χ4n) is 1.62. The molecular formula is C12H14BrNO2. The zero-order valence-corrected chi connectivity index (χ0v) is 10.7. The maximum absolute atomic E-state index is 5.38. The molecule has 1 aromatic rings. The third-order valence-electron chi connectivity index (χ3n) is 2.39. The zero-order chi connectivity index (χ0) is 11.4. The van der Waals surface area contributed by atoms with E-state index in [9.17, 15) is 0 Å². The van der Waals surface area contributed by atoms with Gasteiger partial charge in [0.1, 0.15) is 5.71 Å². The molecule has 0 aromatic heterocycles. The predicted molar refractivity (Wildman–Crippen MR) is 66.8 cm³/mol. The number of nitrogens with zero attached hydrogens (tertiary/aromatic N) is 1. The molecule has 0 saturated carbocycles. The van der Waals surface area contributed by atoms with Gasteiger partial charge in [-0.05, 0) is 6.92 Å². The second-order valence-electron chi connectivity index (χ2n) is 3.54. The van der Waals surface area contributed by atoms with Crippen LogP contribution in [-0.4, -0.2) is 23.4 Å². The molecule has 0 amide bonds. The lowest BCUT2D eigenvalue weighted by atomic mass is 10.1. The Morgan fingerprint density at radius 1 is 1.44 bits per heavy atom. The minimum atomic E-state index is -0.234. The van der Waals surface area contributed by atoms with Gasteiger partial charge >= 0.3 is 0 Å². The van der Waals surface area contributed by atoms with Crippen molar-refractivity contribution < 1.29 is 9.57 Å². The van der Waals surface area contributed by atoms with Crippen LogP contribution < -0.4 is 0 Å². The molecule has 0 aliphatic carbocycles. The minimum absolute atomic E-state index is 0.181. The first-order chi connectivity index (χ1) is 7.81. The molecule has 1 heterocycles. The Hall–Kier alpha value is -0.870. The molecule has 2 rings (SSSR count). The van der Waals surface area contributed by atoms with Gasteiger partial charge in [-0.25, -0.2) is 0 Å². The van der Waals surface area contributed by atoms with Crippen LogP contribution in [0.25, 0.3) is 0 Å². The molecule has 86 valence electrons. The lowest BCUT2D eigenvalue weighted by molar-refractivity contribution is -0.145. The SMILES string of the molecule is CCO[C@H]1C[C@@H](Br)C(c2ccccc2)=NO1. The van der Waals surface area contributed by atoms with Gasteiger partial charge in [-0.15, -0.1) is 0 Å². The molecule has 0 bridgehead atoms. The highest BCUT2D eigenvalue weighted by Crippen LogP contribution is 2.23. The molecule has 4 heteroatoms. The Morgan fingerprint density at radius 2 is 2.19 bits per heavy atom. The van der Waals surface area contributed by atoms with Crippen molar-refractivity contribution in [2.24, 2.45) is 5.16 Å². The monoisotopic (exact) mass is 283 g/mol. The minimum Gasteiger partial charge on any atom is -0.363 e. The molecule has 3 nitrogen and oxygen atoms in total. The lowest BCUT2D eigenvalue weighted by Gasteiger charge is -2.24. The highest BCUT2D eigenvalue weighted by Gasteiger charge is 2.26. The van der Waals surface area contributed by atoms with Crippen LogP contribution in [0.1, 0.15) is 18.9 Å². The van der Waals surface area contributed by atoms with Crippen molar-refractivity contribution in [1.29, 1.82) is 0 Å². The average Bonchev–Trinajstić information content (AvgIpc) is 2.31. The Balaban J connectivity index is 2.12. The first kappa shape index (κ1) is 11.6. The second kappa shape index (κ2) is 5.46. The maximum atomic E-state index is 5.38.